The summed E-state index contributed by atoms with van der Waals surface area (Å²) >= 11 is 0. The molecule has 24 heavy (non-hydrogen) atoms. The van der Waals surface area contributed by atoms with Gasteiger partial charge < -0.3 is 5.32 Å². The zero-order valence-corrected chi connectivity index (χ0v) is 12.7. The molecule has 0 bridgehead atoms. The zero-order valence-electron chi connectivity index (χ0n) is 12.7. The second-order valence-electron chi connectivity index (χ2n) is 5.12. The van der Waals surface area contributed by atoms with Gasteiger partial charge in [0.1, 0.15) is 0 Å². The first-order valence-electron chi connectivity index (χ1n) is 6.73. The molecule has 0 unspecified atom stereocenters. The lowest BCUT2D eigenvalue weighted by molar-refractivity contribution is -0.394. The Balaban J connectivity index is 2.79. The predicted octanol–water partition coefficient (Wildman–Crippen LogP) is 2.78. The van der Waals surface area contributed by atoms with E-state index < -0.39 is 27.1 Å². The molecule has 0 aliphatic carbocycles. The Labute approximate surface area is 136 Å². The van der Waals surface area contributed by atoms with E-state index in [0.717, 1.165) is 12.1 Å². The minimum Gasteiger partial charge on any atom is -0.361 e. The van der Waals surface area contributed by atoms with Crippen LogP contribution < -0.4 is 5.32 Å². The van der Waals surface area contributed by atoms with Crippen LogP contribution in [0.5, 0.6) is 0 Å². The molecule has 0 aromatic heterocycles. The molecule has 0 radical (unpaired) electrons. The molecule has 120 valence electrons. The number of allylic oxidation sites excluding steroid dienone is 4. The third-order valence-corrected chi connectivity index (χ3v) is 3.73. The van der Waals surface area contributed by atoms with Crippen molar-refractivity contribution >= 4 is 11.4 Å². The predicted molar refractivity (Wildman–Crippen MR) is 82.3 cm³/mol. The van der Waals surface area contributed by atoms with Crippen molar-refractivity contribution in [2.45, 2.75) is 19.8 Å². The standard InChI is InChI=1S/C15H11N5O4/c1-8-12(6-16)15(13(7-17)9(2)18-8)11-4-3-10(19(21)22)5-14(11)20(23)24/h3-5,15,18H,1-2H3. The van der Waals surface area contributed by atoms with Crippen LogP contribution >= 0.6 is 0 Å². The van der Waals surface area contributed by atoms with Crippen LogP contribution in [0, 0.1) is 42.9 Å². The van der Waals surface area contributed by atoms with E-state index in [0.29, 0.717) is 11.4 Å². The molecule has 1 aliphatic heterocycles. The third-order valence-electron chi connectivity index (χ3n) is 3.73. The van der Waals surface area contributed by atoms with E-state index in [1.165, 1.54) is 6.07 Å². The lowest BCUT2D eigenvalue weighted by Gasteiger charge is -2.25. The van der Waals surface area contributed by atoms with Gasteiger partial charge in [0.05, 0.1) is 45.1 Å². The molecule has 0 atom stereocenters. The van der Waals surface area contributed by atoms with Gasteiger partial charge in [0, 0.05) is 23.0 Å². The number of nitriles is 2. The number of nitro groups is 2. The first-order valence-corrected chi connectivity index (χ1v) is 6.73. The van der Waals surface area contributed by atoms with Crippen molar-refractivity contribution in [2.24, 2.45) is 0 Å². The summed E-state index contributed by atoms with van der Waals surface area (Å²) < 4.78 is 0. The van der Waals surface area contributed by atoms with Crippen molar-refractivity contribution in [3.63, 3.8) is 0 Å². The van der Waals surface area contributed by atoms with Crippen molar-refractivity contribution in [1.82, 2.24) is 5.32 Å². The molecule has 0 spiro atoms. The maximum atomic E-state index is 11.4. The van der Waals surface area contributed by atoms with Gasteiger partial charge in [0.2, 0.25) is 0 Å². The minimum atomic E-state index is -0.942. The highest BCUT2D eigenvalue weighted by Crippen LogP contribution is 2.41. The summed E-state index contributed by atoms with van der Waals surface area (Å²) in [5, 5.41) is 43.9. The Kier molecular flexibility index (Phi) is 4.29. The molecule has 0 saturated heterocycles. The highest BCUT2D eigenvalue weighted by Gasteiger charge is 2.35. The summed E-state index contributed by atoms with van der Waals surface area (Å²) in [4.78, 5) is 20.7. The molecular formula is C15H11N5O4. The summed E-state index contributed by atoms with van der Waals surface area (Å²) in [6.07, 6.45) is 0. The van der Waals surface area contributed by atoms with Crippen LogP contribution in [0.15, 0.2) is 40.7 Å². The molecule has 1 aromatic carbocycles. The SMILES string of the molecule is CC1=C(C#N)C(c2ccc([N+](=O)[O-])cc2[N+](=O)[O-])C(C#N)=C(C)N1. The van der Waals surface area contributed by atoms with Gasteiger partial charge in [0.25, 0.3) is 11.4 Å². The van der Waals surface area contributed by atoms with E-state index in [4.69, 9.17) is 0 Å². The number of rotatable bonds is 3. The summed E-state index contributed by atoms with van der Waals surface area (Å²) in [6, 6.07) is 7.12. The third kappa shape index (κ3) is 2.66. The summed E-state index contributed by atoms with van der Waals surface area (Å²) in [7, 11) is 0. The summed E-state index contributed by atoms with van der Waals surface area (Å²) in [5.74, 6) is -0.942. The largest absolute Gasteiger partial charge is 0.361 e. The van der Waals surface area contributed by atoms with Crippen LogP contribution in [-0.2, 0) is 0 Å². The van der Waals surface area contributed by atoms with E-state index in [2.05, 4.69) is 5.32 Å². The van der Waals surface area contributed by atoms with E-state index in [9.17, 15) is 30.8 Å². The number of dihydropyridines is 1. The van der Waals surface area contributed by atoms with E-state index in [1.807, 2.05) is 12.1 Å². The smallest absolute Gasteiger partial charge is 0.280 e. The lowest BCUT2D eigenvalue weighted by Crippen LogP contribution is -2.23. The van der Waals surface area contributed by atoms with Gasteiger partial charge >= 0.3 is 0 Å². The number of nitrogens with one attached hydrogen (secondary N) is 1. The molecule has 0 saturated carbocycles. The Morgan fingerprint density at radius 2 is 1.58 bits per heavy atom. The van der Waals surface area contributed by atoms with Gasteiger partial charge in [-0.2, -0.15) is 10.5 Å². The molecular weight excluding hydrogens is 314 g/mol. The van der Waals surface area contributed by atoms with Crippen molar-refractivity contribution in [2.75, 3.05) is 0 Å². The quantitative estimate of drug-likeness (QED) is 0.663. The topological polar surface area (TPSA) is 146 Å². The number of nitrogens with zero attached hydrogens (tertiary/aromatic N) is 4. The molecule has 9 heteroatoms. The Morgan fingerprint density at radius 3 is 2.00 bits per heavy atom. The van der Waals surface area contributed by atoms with E-state index in [-0.39, 0.29) is 16.7 Å². The highest BCUT2D eigenvalue weighted by atomic mass is 16.6. The number of nitro benzene ring substituents is 2. The molecule has 1 N–H and O–H groups in total. The average molecular weight is 325 g/mol. The van der Waals surface area contributed by atoms with Crippen LogP contribution in [0.25, 0.3) is 0 Å². The molecule has 1 aromatic rings. The fourth-order valence-electron chi connectivity index (χ4n) is 2.65. The first-order chi connectivity index (χ1) is 11.3. The number of hydrogen-bond donors (Lipinski definition) is 1. The number of non-ortho nitro benzene ring substituents is 1. The Morgan fingerprint density at radius 1 is 1.04 bits per heavy atom. The van der Waals surface area contributed by atoms with Gasteiger partial charge in [-0.15, -0.1) is 0 Å². The molecule has 0 fully saturated rings. The number of benzene rings is 1. The molecule has 0 amide bonds. The summed E-state index contributed by atoms with van der Waals surface area (Å²) in [6.45, 7) is 3.25. The van der Waals surface area contributed by atoms with Crippen molar-refractivity contribution in [3.8, 4) is 12.1 Å². The van der Waals surface area contributed by atoms with E-state index >= 15 is 0 Å². The summed E-state index contributed by atoms with van der Waals surface area (Å²) in [5.41, 5.74) is 0.412. The van der Waals surface area contributed by atoms with Crippen LogP contribution in [-0.4, -0.2) is 9.85 Å². The maximum absolute atomic E-state index is 11.4. The second-order valence-corrected chi connectivity index (χ2v) is 5.12. The fourth-order valence-corrected chi connectivity index (χ4v) is 2.65. The van der Waals surface area contributed by atoms with Crippen LogP contribution in [0.1, 0.15) is 25.3 Å². The molecule has 9 nitrogen and oxygen atoms in total. The number of hydrogen-bond acceptors (Lipinski definition) is 7. The van der Waals surface area contributed by atoms with Crippen molar-refractivity contribution in [3.05, 3.63) is 66.5 Å². The molecule has 1 heterocycles. The Bertz CT molecular complexity index is 865. The molecule has 1 aliphatic rings. The monoisotopic (exact) mass is 325 g/mol. The highest BCUT2D eigenvalue weighted by molar-refractivity contribution is 5.62. The lowest BCUT2D eigenvalue weighted by atomic mass is 9.81. The first kappa shape index (κ1) is 16.6. The maximum Gasteiger partial charge on any atom is 0.280 e. The Hall–Kier alpha value is -3.72. The normalized spacial score (nSPS) is 14.7. The van der Waals surface area contributed by atoms with Gasteiger partial charge in [-0.25, -0.2) is 0 Å². The zero-order chi connectivity index (χ0) is 18.0. The van der Waals surface area contributed by atoms with Gasteiger partial charge in [-0.3, -0.25) is 20.2 Å². The van der Waals surface area contributed by atoms with Crippen LogP contribution in [0.2, 0.25) is 0 Å². The molecule has 2 rings (SSSR count). The minimum absolute atomic E-state index is 0.0684. The van der Waals surface area contributed by atoms with Crippen molar-refractivity contribution in [1.29, 1.82) is 10.5 Å². The van der Waals surface area contributed by atoms with Gasteiger partial charge in [-0.05, 0) is 19.9 Å². The average Bonchev–Trinajstić information content (AvgIpc) is 2.53. The van der Waals surface area contributed by atoms with Gasteiger partial charge in [0.15, 0.2) is 0 Å². The second kappa shape index (κ2) is 6.18. The fraction of sp³-hybridized carbons (Fsp3) is 0.200. The van der Waals surface area contributed by atoms with Crippen LogP contribution in [0.3, 0.4) is 0 Å². The van der Waals surface area contributed by atoms with Crippen molar-refractivity contribution < 1.29 is 9.85 Å². The van der Waals surface area contributed by atoms with E-state index in [1.54, 1.807) is 13.8 Å². The van der Waals surface area contributed by atoms with Crippen LogP contribution in [0.4, 0.5) is 11.4 Å². The van der Waals surface area contributed by atoms with Gasteiger partial charge in [-0.1, -0.05) is 0 Å².